The van der Waals surface area contributed by atoms with Crippen molar-refractivity contribution in [3.8, 4) is 5.75 Å². The molecule has 0 aromatic heterocycles. The van der Waals surface area contributed by atoms with E-state index in [-0.39, 0.29) is 22.2 Å². The fraction of sp³-hybridized carbons (Fsp3) is 0.242. The summed E-state index contributed by atoms with van der Waals surface area (Å²) in [5.74, 6) is -1.36. The molecule has 0 bridgehead atoms. The van der Waals surface area contributed by atoms with Crippen LogP contribution >= 0.6 is 0 Å². The van der Waals surface area contributed by atoms with Crippen LogP contribution in [-0.2, 0) is 33.9 Å². The number of fused-ring (bicyclic) bond motifs is 1. The number of hydrogen-bond donors (Lipinski definition) is 1. The van der Waals surface area contributed by atoms with Crippen molar-refractivity contribution in [3.63, 3.8) is 0 Å². The summed E-state index contributed by atoms with van der Waals surface area (Å²) in [5, 5.41) is 3.63. The smallest absolute Gasteiger partial charge is 0.351 e. The maximum atomic E-state index is 14.3. The van der Waals surface area contributed by atoms with E-state index >= 15 is 0 Å². The van der Waals surface area contributed by atoms with Crippen LogP contribution in [-0.4, -0.2) is 47.0 Å². The van der Waals surface area contributed by atoms with E-state index in [0.29, 0.717) is 33.2 Å². The zero-order chi connectivity index (χ0) is 32.2. The number of carbonyl (C=O) groups is 3. The topological polar surface area (TPSA) is 128 Å². The Morgan fingerprint density at radius 1 is 0.841 bits per heavy atom. The lowest BCUT2D eigenvalue weighted by Crippen LogP contribution is -2.37. The van der Waals surface area contributed by atoms with Gasteiger partial charge in [-0.3, -0.25) is 13.9 Å². The molecule has 1 unspecified atom stereocenters. The Morgan fingerprint density at radius 2 is 1.45 bits per heavy atom. The van der Waals surface area contributed by atoms with Gasteiger partial charge in [-0.25, -0.2) is 13.2 Å². The van der Waals surface area contributed by atoms with Crippen molar-refractivity contribution in [1.82, 2.24) is 0 Å². The van der Waals surface area contributed by atoms with E-state index in [2.05, 4.69) is 5.32 Å². The Labute approximate surface area is 256 Å². The highest BCUT2D eigenvalue weighted by atomic mass is 32.2. The van der Waals surface area contributed by atoms with E-state index in [9.17, 15) is 22.8 Å². The molecule has 0 fully saturated rings. The van der Waals surface area contributed by atoms with Crippen molar-refractivity contribution in [2.45, 2.75) is 38.7 Å². The molecular formula is C33H34N2O8S. The summed E-state index contributed by atoms with van der Waals surface area (Å²) in [6, 6.07) is 20.1. The second-order valence-corrected chi connectivity index (χ2v) is 12.1. The number of hydrogen-bond acceptors (Lipinski definition) is 8. The minimum atomic E-state index is -4.25. The van der Waals surface area contributed by atoms with Crippen molar-refractivity contribution in [1.29, 1.82) is 0 Å². The molecule has 1 atom stereocenters. The zero-order valence-electron chi connectivity index (χ0n) is 25.3. The van der Waals surface area contributed by atoms with Crippen LogP contribution in [0.2, 0.25) is 0 Å². The molecular weight excluding hydrogens is 584 g/mol. The number of sulfonamides is 1. The molecule has 1 amide bonds. The molecule has 4 rings (SSSR count). The minimum absolute atomic E-state index is 0.102. The fourth-order valence-electron chi connectivity index (χ4n) is 5.17. The molecule has 44 heavy (non-hydrogen) atoms. The van der Waals surface area contributed by atoms with Crippen LogP contribution < -0.4 is 14.4 Å². The Balaban J connectivity index is 1.84. The van der Waals surface area contributed by atoms with Gasteiger partial charge in [0.2, 0.25) is 12.0 Å². The van der Waals surface area contributed by atoms with E-state index in [1.807, 2.05) is 6.92 Å². The van der Waals surface area contributed by atoms with Crippen LogP contribution in [0.3, 0.4) is 0 Å². The average Bonchev–Trinajstić information content (AvgIpc) is 2.97. The molecule has 11 heteroatoms. The van der Waals surface area contributed by atoms with Crippen LogP contribution in [0, 0.1) is 20.8 Å². The molecule has 0 radical (unpaired) electrons. The number of nitrogens with one attached hydrogen (secondary N) is 1. The van der Waals surface area contributed by atoms with Crippen molar-refractivity contribution in [2.75, 3.05) is 30.4 Å². The molecule has 0 spiro atoms. The van der Waals surface area contributed by atoms with E-state index < -0.39 is 34.6 Å². The number of anilines is 2. The summed E-state index contributed by atoms with van der Waals surface area (Å²) in [5.41, 5.74) is 3.26. The van der Waals surface area contributed by atoms with Gasteiger partial charge in [-0.15, -0.1) is 0 Å². The van der Waals surface area contributed by atoms with Gasteiger partial charge in [0.15, 0.2) is 0 Å². The van der Waals surface area contributed by atoms with Crippen molar-refractivity contribution in [2.24, 2.45) is 0 Å². The maximum absolute atomic E-state index is 14.3. The Bertz CT molecular complexity index is 1810. The quantitative estimate of drug-likeness (QED) is 0.235. The first kappa shape index (κ1) is 32.0. The number of ether oxygens (including phenoxy) is 3. The van der Waals surface area contributed by atoms with Crippen LogP contribution in [0.1, 0.15) is 35.3 Å². The first-order valence-corrected chi connectivity index (χ1v) is 15.1. The van der Waals surface area contributed by atoms with Gasteiger partial charge in [0.25, 0.3) is 10.0 Å². The first-order chi connectivity index (χ1) is 20.9. The van der Waals surface area contributed by atoms with Gasteiger partial charge in [-0.05, 0) is 56.2 Å². The summed E-state index contributed by atoms with van der Waals surface area (Å²) < 4.78 is 45.7. The van der Waals surface area contributed by atoms with E-state index in [1.54, 1.807) is 80.6 Å². The molecule has 0 aliphatic heterocycles. The second kappa shape index (κ2) is 13.2. The van der Waals surface area contributed by atoms with Gasteiger partial charge >= 0.3 is 11.9 Å². The lowest BCUT2D eigenvalue weighted by atomic mass is 10.1. The molecule has 4 aromatic rings. The largest absolute Gasteiger partial charge is 0.473 e. The highest BCUT2D eigenvalue weighted by Gasteiger charge is 2.32. The second-order valence-electron chi connectivity index (χ2n) is 10.3. The fourth-order valence-corrected chi connectivity index (χ4v) is 7.02. The summed E-state index contributed by atoms with van der Waals surface area (Å²) in [4.78, 5) is 36.9. The number of aryl methyl sites for hydroxylation is 3. The van der Waals surface area contributed by atoms with Crippen molar-refractivity contribution in [3.05, 3.63) is 95.1 Å². The average molecular weight is 619 g/mol. The van der Waals surface area contributed by atoms with Gasteiger partial charge in [0, 0.05) is 28.9 Å². The molecule has 4 aromatic carbocycles. The number of rotatable bonds is 10. The Kier molecular flexibility index (Phi) is 9.59. The van der Waals surface area contributed by atoms with E-state index in [4.69, 9.17) is 14.2 Å². The molecule has 0 aliphatic rings. The Hall–Kier alpha value is -4.90. The third-order valence-electron chi connectivity index (χ3n) is 6.98. The van der Waals surface area contributed by atoms with Crippen LogP contribution in [0.15, 0.2) is 77.7 Å². The summed E-state index contributed by atoms with van der Waals surface area (Å²) in [6.45, 7) is 6.14. The lowest BCUT2D eigenvalue weighted by molar-refractivity contribution is -0.149. The highest BCUT2D eigenvalue weighted by molar-refractivity contribution is 7.93. The standard InChI is InChI=1S/C33H34N2O8S/c1-20-17-21(2)32(22(3)18-20)44(39,40)35(19-30(37)41-5)28-15-16-29(27-10-8-7-9-26(27)28)43-31(33(38)42-6)24-11-13-25(14-12-24)34-23(4)36/h7-18,31H,19H2,1-6H3,(H,34,36). The highest BCUT2D eigenvalue weighted by Crippen LogP contribution is 2.39. The molecule has 0 aliphatic carbocycles. The van der Waals surface area contributed by atoms with Gasteiger partial charge in [-0.1, -0.05) is 54.1 Å². The van der Waals surface area contributed by atoms with E-state index in [1.165, 1.54) is 27.2 Å². The van der Waals surface area contributed by atoms with Crippen molar-refractivity contribution < 1.29 is 37.0 Å². The molecule has 230 valence electrons. The molecule has 0 saturated heterocycles. The first-order valence-electron chi connectivity index (χ1n) is 13.7. The van der Waals surface area contributed by atoms with Gasteiger partial charge in [-0.2, -0.15) is 0 Å². The molecule has 0 saturated carbocycles. The lowest BCUT2D eigenvalue weighted by Gasteiger charge is -2.27. The van der Waals surface area contributed by atoms with Crippen molar-refractivity contribution >= 4 is 50.0 Å². The summed E-state index contributed by atoms with van der Waals surface area (Å²) >= 11 is 0. The number of nitrogens with zero attached hydrogens (tertiary/aromatic N) is 1. The van der Waals surface area contributed by atoms with Gasteiger partial charge in [0.1, 0.15) is 12.3 Å². The number of esters is 2. The minimum Gasteiger partial charge on any atom is -0.473 e. The number of amides is 1. The van der Waals surface area contributed by atoms with Crippen LogP contribution in [0.4, 0.5) is 11.4 Å². The van der Waals surface area contributed by atoms with E-state index in [0.717, 1.165) is 9.87 Å². The summed E-state index contributed by atoms with van der Waals surface area (Å²) in [7, 11) is -1.81. The van der Waals surface area contributed by atoms with Gasteiger partial charge in [0.05, 0.1) is 24.8 Å². The number of carbonyl (C=O) groups excluding carboxylic acids is 3. The Morgan fingerprint density at radius 3 is 2.02 bits per heavy atom. The molecule has 0 heterocycles. The third kappa shape index (κ3) is 6.68. The third-order valence-corrected chi connectivity index (χ3v) is 9.04. The SMILES string of the molecule is COC(=O)CN(c1ccc(OC(C(=O)OC)c2ccc(NC(C)=O)cc2)c2ccccc12)S(=O)(=O)c1c(C)cc(C)cc1C. The predicted octanol–water partition coefficient (Wildman–Crippen LogP) is 5.38. The molecule has 1 N–H and O–H groups in total. The number of benzene rings is 4. The zero-order valence-corrected chi connectivity index (χ0v) is 26.2. The normalized spacial score (nSPS) is 11.9. The van der Waals surface area contributed by atoms with Gasteiger partial charge < -0.3 is 19.5 Å². The monoisotopic (exact) mass is 618 g/mol. The molecule has 10 nitrogen and oxygen atoms in total. The predicted molar refractivity (Wildman–Crippen MR) is 167 cm³/mol. The van der Waals surface area contributed by atoms with Crippen LogP contribution in [0.5, 0.6) is 5.75 Å². The van der Waals surface area contributed by atoms with Crippen LogP contribution in [0.25, 0.3) is 10.8 Å². The summed E-state index contributed by atoms with van der Waals surface area (Å²) in [6.07, 6.45) is -1.17. The number of methoxy groups -OCH3 is 2. The maximum Gasteiger partial charge on any atom is 0.351 e.